The number of halogens is 2. The fourth-order valence-electron chi connectivity index (χ4n) is 4.81. The van der Waals surface area contributed by atoms with Crippen LogP contribution in [-0.2, 0) is 26.2 Å². The first-order valence-corrected chi connectivity index (χ1v) is 15.7. The van der Waals surface area contributed by atoms with Crippen molar-refractivity contribution < 1.29 is 18.0 Å². The molecule has 0 radical (unpaired) electrons. The van der Waals surface area contributed by atoms with Crippen LogP contribution in [0.4, 0.5) is 5.69 Å². The van der Waals surface area contributed by atoms with Gasteiger partial charge in [-0.1, -0.05) is 66.7 Å². The van der Waals surface area contributed by atoms with Crippen LogP contribution in [0.25, 0.3) is 0 Å². The fourth-order valence-corrected chi connectivity index (χ4v) is 6.19. The number of benzene rings is 2. The molecule has 2 amide bonds. The van der Waals surface area contributed by atoms with Crippen LogP contribution in [0.5, 0.6) is 0 Å². The first kappa shape index (κ1) is 30.3. The van der Waals surface area contributed by atoms with Crippen LogP contribution in [0, 0.1) is 6.92 Å². The molecular formula is C28H37Cl2N3O4S. The lowest BCUT2D eigenvalue weighted by atomic mass is 9.95. The zero-order valence-corrected chi connectivity index (χ0v) is 24.6. The molecular weight excluding hydrogens is 545 g/mol. The third-order valence-electron chi connectivity index (χ3n) is 7.08. The third-order valence-corrected chi connectivity index (χ3v) is 9.04. The van der Waals surface area contributed by atoms with E-state index < -0.39 is 16.1 Å². The summed E-state index contributed by atoms with van der Waals surface area (Å²) in [5, 5.41) is 4.10. The largest absolute Gasteiger partial charge is 0.352 e. The van der Waals surface area contributed by atoms with E-state index in [1.807, 2.05) is 18.2 Å². The van der Waals surface area contributed by atoms with Crippen molar-refractivity contribution >= 4 is 50.7 Å². The molecule has 1 aliphatic rings. The van der Waals surface area contributed by atoms with Gasteiger partial charge in [0.15, 0.2) is 0 Å². The summed E-state index contributed by atoms with van der Waals surface area (Å²) in [4.78, 5) is 28.2. The molecule has 2 aromatic carbocycles. The zero-order valence-electron chi connectivity index (χ0n) is 22.3. The predicted octanol–water partition coefficient (Wildman–Crippen LogP) is 5.71. The maximum atomic E-state index is 13.5. The second-order valence-corrected chi connectivity index (χ2v) is 12.7. The number of amides is 2. The summed E-state index contributed by atoms with van der Waals surface area (Å²) in [6, 6.07) is 11.8. The van der Waals surface area contributed by atoms with Gasteiger partial charge in [-0.2, -0.15) is 0 Å². The molecule has 1 N–H and O–H groups in total. The van der Waals surface area contributed by atoms with Gasteiger partial charge in [0.05, 0.1) is 11.9 Å². The van der Waals surface area contributed by atoms with Gasteiger partial charge in [-0.3, -0.25) is 13.9 Å². The van der Waals surface area contributed by atoms with Crippen molar-refractivity contribution in [3.8, 4) is 0 Å². The van der Waals surface area contributed by atoms with Gasteiger partial charge in [-0.25, -0.2) is 8.42 Å². The molecule has 0 spiro atoms. The molecule has 0 aliphatic heterocycles. The van der Waals surface area contributed by atoms with Gasteiger partial charge in [0.1, 0.15) is 6.04 Å². The topological polar surface area (TPSA) is 86.8 Å². The van der Waals surface area contributed by atoms with Crippen molar-refractivity contribution in [2.45, 2.75) is 77.4 Å². The molecule has 3 rings (SSSR count). The van der Waals surface area contributed by atoms with E-state index in [-0.39, 0.29) is 43.8 Å². The standard InChI is InChI=1S/C28H37Cl2N3O4S/c1-20-24(29)15-9-16-26(20)33(38(3,36)37)18-10-17-27(34)32(19-22-11-7-8-14-25(22)30)21(2)28(35)31-23-12-5-4-6-13-23/h7-9,11,14-16,21,23H,4-6,10,12-13,17-19H2,1-3H3,(H,31,35)/t21-/m1/s1. The highest BCUT2D eigenvalue weighted by Crippen LogP contribution is 2.29. The van der Waals surface area contributed by atoms with Gasteiger partial charge >= 0.3 is 0 Å². The third kappa shape index (κ3) is 8.10. The minimum Gasteiger partial charge on any atom is -0.352 e. The van der Waals surface area contributed by atoms with Crippen LogP contribution in [0.1, 0.15) is 63.0 Å². The van der Waals surface area contributed by atoms with Gasteiger partial charge in [0, 0.05) is 35.6 Å². The number of hydrogen-bond acceptors (Lipinski definition) is 4. The number of anilines is 1. The van der Waals surface area contributed by atoms with E-state index in [9.17, 15) is 18.0 Å². The van der Waals surface area contributed by atoms with Crippen LogP contribution in [0.3, 0.4) is 0 Å². The Morgan fingerprint density at radius 1 is 1.03 bits per heavy atom. The summed E-state index contributed by atoms with van der Waals surface area (Å²) in [6.07, 6.45) is 6.72. The second-order valence-electron chi connectivity index (χ2n) is 9.96. The van der Waals surface area contributed by atoms with Crippen molar-refractivity contribution in [2.24, 2.45) is 0 Å². The quantitative estimate of drug-likeness (QED) is 0.368. The summed E-state index contributed by atoms with van der Waals surface area (Å²) < 4.78 is 26.5. The first-order valence-electron chi connectivity index (χ1n) is 13.0. The van der Waals surface area contributed by atoms with E-state index in [0.29, 0.717) is 21.3 Å². The maximum Gasteiger partial charge on any atom is 0.242 e. The van der Waals surface area contributed by atoms with Gasteiger partial charge in [-0.05, 0) is 62.4 Å². The average molecular weight is 583 g/mol. The van der Waals surface area contributed by atoms with Gasteiger partial charge in [-0.15, -0.1) is 0 Å². The summed E-state index contributed by atoms with van der Waals surface area (Å²) in [6.45, 7) is 3.78. The molecule has 1 atom stereocenters. The molecule has 1 aliphatic carbocycles. The maximum absolute atomic E-state index is 13.5. The Bertz CT molecular complexity index is 1230. The Morgan fingerprint density at radius 3 is 2.34 bits per heavy atom. The summed E-state index contributed by atoms with van der Waals surface area (Å²) in [5.41, 5.74) is 1.88. The second kappa shape index (κ2) is 13.7. The molecule has 0 saturated heterocycles. The Kier molecular flexibility index (Phi) is 10.9. The lowest BCUT2D eigenvalue weighted by Gasteiger charge is -2.32. The number of rotatable bonds is 11. The molecule has 208 valence electrons. The molecule has 0 unspecified atom stereocenters. The Hall–Kier alpha value is -2.29. The SMILES string of the molecule is Cc1c(Cl)cccc1N(CCCC(=O)N(Cc1ccccc1Cl)[C@H](C)C(=O)NC1CCCCC1)S(C)(=O)=O. The van der Waals surface area contributed by atoms with Crippen molar-refractivity contribution in [1.29, 1.82) is 0 Å². The van der Waals surface area contributed by atoms with Crippen LogP contribution in [0.15, 0.2) is 42.5 Å². The van der Waals surface area contributed by atoms with Crippen LogP contribution < -0.4 is 9.62 Å². The number of nitrogens with one attached hydrogen (secondary N) is 1. The lowest BCUT2D eigenvalue weighted by Crippen LogP contribution is -2.50. The van der Waals surface area contributed by atoms with Crippen LogP contribution in [0.2, 0.25) is 10.0 Å². The lowest BCUT2D eigenvalue weighted by molar-refractivity contribution is -0.141. The van der Waals surface area contributed by atoms with Crippen molar-refractivity contribution in [3.05, 3.63) is 63.6 Å². The van der Waals surface area contributed by atoms with E-state index in [1.165, 1.54) is 15.6 Å². The molecule has 2 aromatic rings. The number of nitrogens with zero attached hydrogens (tertiary/aromatic N) is 2. The van der Waals surface area contributed by atoms with Gasteiger partial charge < -0.3 is 10.2 Å². The molecule has 1 fully saturated rings. The highest BCUT2D eigenvalue weighted by Gasteiger charge is 2.29. The molecule has 0 aromatic heterocycles. The molecule has 0 bridgehead atoms. The number of carbonyl (C=O) groups excluding carboxylic acids is 2. The van der Waals surface area contributed by atoms with Crippen molar-refractivity contribution in [2.75, 3.05) is 17.1 Å². The minimum absolute atomic E-state index is 0.0666. The Morgan fingerprint density at radius 2 is 1.68 bits per heavy atom. The highest BCUT2D eigenvalue weighted by molar-refractivity contribution is 7.92. The van der Waals surface area contributed by atoms with E-state index in [0.717, 1.165) is 37.5 Å². The Balaban J connectivity index is 1.75. The number of hydrogen-bond donors (Lipinski definition) is 1. The summed E-state index contributed by atoms with van der Waals surface area (Å²) in [7, 11) is -3.61. The van der Waals surface area contributed by atoms with E-state index >= 15 is 0 Å². The van der Waals surface area contributed by atoms with Crippen molar-refractivity contribution in [1.82, 2.24) is 10.2 Å². The molecule has 1 saturated carbocycles. The van der Waals surface area contributed by atoms with E-state index in [2.05, 4.69) is 5.32 Å². The molecule has 0 heterocycles. The smallest absolute Gasteiger partial charge is 0.242 e. The minimum atomic E-state index is -3.61. The van der Waals surface area contributed by atoms with Crippen LogP contribution in [-0.4, -0.2) is 50.0 Å². The summed E-state index contributed by atoms with van der Waals surface area (Å²) in [5.74, 6) is -0.433. The Labute approximate surface area is 236 Å². The van der Waals surface area contributed by atoms with E-state index in [4.69, 9.17) is 23.2 Å². The highest BCUT2D eigenvalue weighted by atomic mass is 35.5. The summed E-state index contributed by atoms with van der Waals surface area (Å²) >= 11 is 12.6. The monoisotopic (exact) mass is 581 g/mol. The predicted molar refractivity (Wildman–Crippen MR) is 154 cm³/mol. The molecule has 7 nitrogen and oxygen atoms in total. The van der Waals surface area contributed by atoms with Gasteiger partial charge in [0.2, 0.25) is 21.8 Å². The zero-order chi connectivity index (χ0) is 27.9. The normalized spacial score (nSPS) is 15.1. The number of carbonyl (C=O) groups is 2. The number of sulfonamides is 1. The van der Waals surface area contributed by atoms with Crippen LogP contribution >= 0.6 is 23.2 Å². The fraction of sp³-hybridized carbons (Fsp3) is 0.500. The average Bonchev–Trinajstić information content (AvgIpc) is 2.87. The molecule has 38 heavy (non-hydrogen) atoms. The first-order chi connectivity index (χ1) is 18.0. The van der Waals surface area contributed by atoms with Gasteiger partial charge in [0.25, 0.3) is 0 Å². The molecule has 10 heteroatoms. The van der Waals surface area contributed by atoms with E-state index in [1.54, 1.807) is 38.1 Å². The van der Waals surface area contributed by atoms with Crippen molar-refractivity contribution in [3.63, 3.8) is 0 Å².